The van der Waals surface area contributed by atoms with E-state index in [2.05, 4.69) is 18.3 Å². The van der Waals surface area contributed by atoms with E-state index >= 15 is 0 Å². The summed E-state index contributed by atoms with van der Waals surface area (Å²) in [7, 11) is 3.63. The van der Waals surface area contributed by atoms with Crippen molar-refractivity contribution in [2.24, 2.45) is 0 Å². The predicted octanol–water partition coefficient (Wildman–Crippen LogP) is 2.30. The topological polar surface area (TPSA) is 21.3 Å². The number of ether oxygens (including phenoxy) is 1. The van der Waals surface area contributed by atoms with Gasteiger partial charge in [0.05, 0.1) is 7.11 Å². The fourth-order valence-electron chi connectivity index (χ4n) is 1.36. The van der Waals surface area contributed by atoms with Crippen molar-refractivity contribution in [3.8, 4) is 5.75 Å². The van der Waals surface area contributed by atoms with Crippen LogP contribution in [0.15, 0.2) is 18.2 Å². The molecule has 0 bridgehead atoms. The smallest absolute Gasteiger partial charge is 0.124 e. The zero-order chi connectivity index (χ0) is 8.97. The summed E-state index contributed by atoms with van der Waals surface area (Å²) in [5.74, 6) is 0.962. The van der Waals surface area contributed by atoms with Crippen LogP contribution in [0.4, 0.5) is 5.69 Å². The number of nitrogens with one attached hydrogen (secondary N) is 1. The fourth-order valence-corrected chi connectivity index (χ4v) is 1.36. The standard InChI is InChI=1S/C10H15NO/c1-4-8-9(11-2)6-5-7-10(8)12-3/h5-7,11H,4H2,1-3H3. The van der Waals surface area contributed by atoms with E-state index in [1.54, 1.807) is 7.11 Å². The van der Waals surface area contributed by atoms with E-state index < -0.39 is 0 Å². The van der Waals surface area contributed by atoms with E-state index in [0.717, 1.165) is 17.9 Å². The average molecular weight is 165 g/mol. The third kappa shape index (κ3) is 1.52. The molecule has 0 aliphatic rings. The van der Waals surface area contributed by atoms with Crippen molar-refractivity contribution in [1.29, 1.82) is 0 Å². The second-order valence-corrected chi connectivity index (χ2v) is 2.59. The van der Waals surface area contributed by atoms with Crippen LogP contribution in [0, 0.1) is 0 Å². The van der Waals surface area contributed by atoms with Crippen LogP contribution in [-0.4, -0.2) is 14.2 Å². The third-order valence-electron chi connectivity index (χ3n) is 1.98. The molecule has 0 saturated carbocycles. The summed E-state index contributed by atoms with van der Waals surface area (Å²) in [6.07, 6.45) is 0.986. The molecule has 1 N–H and O–H groups in total. The van der Waals surface area contributed by atoms with Gasteiger partial charge in [0.1, 0.15) is 5.75 Å². The number of hydrogen-bond donors (Lipinski definition) is 1. The largest absolute Gasteiger partial charge is 0.496 e. The summed E-state index contributed by atoms with van der Waals surface area (Å²) in [6, 6.07) is 6.03. The molecule has 0 fully saturated rings. The van der Waals surface area contributed by atoms with Gasteiger partial charge in [-0.3, -0.25) is 0 Å². The van der Waals surface area contributed by atoms with Gasteiger partial charge >= 0.3 is 0 Å². The molecule has 0 saturated heterocycles. The Morgan fingerprint density at radius 2 is 2.17 bits per heavy atom. The molecular formula is C10H15NO. The SMILES string of the molecule is CCc1c(NC)cccc1OC. The van der Waals surface area contributed by atoms with E-state index in [1.165, 1.54) is 5.56 Å². The molecule has 0 radical (unpaired) electrons. The number of rotatable bonds is 3. The first-order valence-corrected chi connectivity index (χ1v) is 4.17. The van der Waals surface area contributed by atoms with Gasteiger partial charge in [0.15, 0.2) is 0 Å². The second kappa shape index (κ2) is 4.00. The Kier molecular flexibility index (Phi) is 2.97. The van der Waals surface area contributed by atoms with Gasteiger partial charge in [0.25, 0.3) is 0 Å². The molecular weight excluding hydrogens is 150 g/mol. The third-order valence-corrected chi connectivity index (χ3v) is 1.98. The summed E-state index contributed by atoms with van der Waals surface area (Å²) in [5.41, 5.74) is 2.39. The summed E-state index contributed by atoms with van der Waals surface area (Å²) in [6.45, 7) is 2.12. The second-order valence-electron chi connectivity index (χ2n) is 2.59. The lowest BCUT2D eigenvalue weighted by Gasteiger charge is -2.11. The fraction of sp³-hybridized carbons (Fsp3) is 0.400. The molecule has 2 heteroatoms. The van der Waals surface area contributed by atoms with E-state index in [-0.39, 0.29) is 0 Å². The summed E-state index contributed by atoms with van der Waals surface area (Å²) in [4.78, 5) is 0. The number of hydrogen-bond acceptors (Lipinski definition) is 2. The Bertz CT molecular complexity index is 236. The zero-order valence-electron chi connectivity index (χ0n) is 7.85. The minimum absolute atomic E-state index is 0.962. The van der Waals surface area contributed by atoms with Gasteiger partial charge in [0, 0.05) is 18.3 Å². The highest BCUT2D eigenvalue weighted by Gasteiger charge is 2.04. The van der Waals surface area contributed by atoms with Gasteiger partial charge in [-0.2, -0.15) is 0 Å². The van der Waals surface area contributed by atoms with Crippen molar-refractivity contribution in [2.45, 2.75) is 13.3 Å². The average Bonchev–Trinajstić information content (AvgIpc) is 2.16. The van der Waals surface area contributed by atoms with Crippen LogP contribution in [0.2, 0.25) is 0 Å². The molecule has 0 unspecified atom stereocenters. The van der Waals surface area contributed by atoms with Gasteiger partial charge in [-0.15, -0.1) is 0 Å². The summed E-state index contributed by atoms with van der Waals surface area (Å²) in [5, 5.41) is 3.14. The molecule has 0 aliphatic carbocycles. The number of anilines is 1. The molecule has 66 valence electrons. The summed E-state index contributed by atoms with van der Waals surface area (Å²) < 4.78 is 5.24. The van der Waals surface area contributed by atoms with E-state index in [4.69, 9.17) is 4.74 Å². The monoisotopic (exact) mass is 165 g/mol. The molecule has 0 spiro atoms. The lowest BCUT2D eigenvalue weighted by atomic mass is 10.1. The summed E-state index contributed by atoms with van der Waals surface area (Å²) >= 11 is 0. The number of methoxy groups -OCH3 is 1. The maximum absolute atomic E-state index is 5.24. The van der Waals surface area contributed by atoms with Crippen molar-refractivity contribution in [2.75, 3.05) is 19.5 Å². The molecule has 1 rings (SSSR count). The number of benzene rings is 1. The van der Waals surface area contributed by atoms with Crippen molar-refractivity contribution in [1.82, 2.24) is 0 Å². The molecule has 0 heterocycles. The van der Waals surface area contributed by atoms with E-state index in [0.29, 0.717) is 0 Å². The molecule has 1 aromatic rings. The zero-order valence-corrected chi connectivity index (χ0v) is 7.85. The molecule has 2 nitrogen and oxygen atoms in total. The first-order chi connectivity index (χ1) is 5.83. The molecule has 0 aliphatic heterocycles. The quantitative estimate of drug-likeness (QED) is 0.742. The van der Waals surface area contributed by atoms with Crippen LogP contribution in [-0.2, 0) is 6.42 Å². The first-order valence-electron chi connectivity index (χ1n) is 4.17. The van der Waals surface area contributed by atoms with Crippen molar-refractivity contribution in [3.63, 3.8) is 0 Å². The van der Waals surface area contributed by atoms with Gasteiger partial charge in [-0.1, -0.05) is 13.0 Å². The Hall–Kier alpha value is -1.18. The minimum atomic E-state index is 0.962. The van der Waals surface area contributed by atoms with Crippen LogP contribution in [0.5, 0.6) is 5.75 Å². The molecule has 0 atom stereocenters. The lowest BCUT2D eigenvalue weighted by molar-refractivity contribution is 0.410. The highest BCUT2D eigenvalue weighted by molar-refractivity contribution is 5.57. The van der Waals surface area contributed by atoms with Crippen LogP contribution in [0.1, 0.15) is 12.5 Å². The Morgan fingerprint density at radius 1 is 1.42 bits per heavy atom. The van der Waals surface area contributed by atoms with Gasteiger partial charge in [-0.05, 0) is 18.6 Å². The molecule has 0 aromatic heterocycles. The first kappa shape index (κ1) is 8.91. The van der Waals surface area contributed by atoms with Crippen LogP contribution in [0.25, 0.3) is 0 Å². The maximum atomic E-state index is 5.24. The van der Waals surface area contributed by atoms with Gasteiger partial charge < -0.3 is 10.1 Å². The molecule has 12 heavy (non-hydrogen) atoms. The van der Waals surface area contributed by atoms with Crippen molar-refractivity contribution >= 4 is 5.69 Å². The van der Waals surface area contributed by atoms with Crippen molar-refractivity contribution < 1.29 is 4.74 Å². The van der Waals surface area contributed by atoms with Crippen molar-refractivity contribution in [3.05, 3.63) is 23.8 Å². The lowest BCUT2D eigenvalue weighted by Crippen LogP contribution is -1.97. The Morgan fingerprint density at radius 3 is 2.67 bits per heavy atom. The minimum Gasteiger partial charge on any atom is -0.496 e. The van der Waals surface area contributed by atoms with Crippen LogP contribution < -0.4 is 10.1 Å². The van der Waals surface area contributed by atoms with E-state index in [9.17, 15) is 0 Å². The van der Waals surface area contributed by atoms with E-state index in [1.807, 2.05) is 19.2 Å². The highest BCUT2D eigenvalue weighted by Crippen LogP contribution is 2.26. The normalized spacial score (nSPS) is 9.58. The van der Waals surface area contributed by atoms with Gasteiger partial charge in [-0.25, -0.2) is 0 Å². The molecule has 0 amide bonds. The van der Waals surface area contributed by atoms with Crippen LogP contribution >= 0.6 is 0 Å². The Labute approximate surface area is 73.6 Å². The Balaban J connectivity index is 3.13. The predicted molar refractivity (Wildman–Crippen MR) is 51.9 cm³/mol. The van der Waals surface area contributed by atoms with Gasteiger partial charge in [0.2, 0.25) is 0 Å². The highest BCUT2D eigenvalue weighted by atomic mass is 16.5. The molecule has 1 aromatic carbocycles. The maximum Gasteiger partial charge on any atom is 0.124 e. The van der Waals surface area contributed by atoms with Crippen LogP contribution in [0.3, 0.4) is 0 Å².